The lowest BCUT2D eigenvalue weighted by atomic mass is 9.94. The number of likely N-dealkylation sites (N-methyl/N-ethyl adjacent to an activating group) is 1. The molecule has 2 fully saturated rings. The molecular weight excluding hydrogens is 342 g/mol. The van der Waals surface area contributed by atoms with E-state index in [4.69, 9.17) is 9.57 Å². The molecular formula is C21H31N3O3. The van der Waals surface area contributed by atoms with Gasteiger partial charge in [0.2, 0.25) is 0 Å². The third kappa shape index (κ3) is 5.70. The van der Waals surface area contributed by atoms with Gasteiger partial charge in [0.05, 0.1) is 19.4 Å². The summed E-state index contributed by atoms with van der Waals surface area (Å²) >= 11 is 0. The van der Waals surface area contributed by atoms with E-state index in [1.165, 1.54) is 24.9 Å². The maximum absolute atomic E-state index is 12.4. The largest absolute Gasteiger partial charge is 0.386 e. The quantitative estimate of drug-likeness (QED) is 0.544. The SMILES string of the molecule is CCN(C(=O)CON=Cc1ccc(N2CCOCC2)cc1)C1CCCCC1. The zero-order chi connectivity index (χ0) is 18.9. The van der Waals surface area contributed by atoms with E-state index in [9.17, 15) is 4.79 Å². The van der Waals surface area contributed by atoms with E-state index >= 15 is 0 Å². The van der Waals surface area contributed by atoms with Gasteiger partial charge in [0.1, 0.15) is 0 Å². The van der Waals surface area contributed by atoms with Crippen LogP contribution in [0.4, 0.5) is 5.69 Å². The van der Waals surface area contributed by atoms with E-state index in [0.29, 0.717) is 6.04 Å². The molecule has 0 spiro atoms. The molecule has 1 saturated heterocycles. The zero-order valence-corrected chi connectivity index (χ0v) is 16.3. The van der Waals surface area contributed by atoms with Crippen LogP contribution in [0.5, 0.6) is 0 Å². The van der Waals surface area contributed by atoms with Crippen LogP contribution in [0.1, 0.15) is 44.6 Å². The lowest BCUT2D eigenvalue weighted by Gasteiger charge is -2.33. The average molecular weight is 373 g/mol. The predicted molar refractivity (Wildman–Crippen MR) is 107 cm³/mol. The van der Waals surface area contributed by atoms with Gasteiger partial charge in [-0.05, 0) is 37.5 Å². The Labute approximate surface area is 162 Å². The number of hydrogen-bond donors (Lipinski definition) is 0. The monoisotopic (exact) mass is 373 g/mol. The predicted octanol–water partition coefficient (Wildman–Crippen LogP) is 3.05. The van der Waals surface area contributed by atoms with Crippen LogP contribution in [0.25, 0.3) is 0 Å². The van der Waals surface area contributed by atoms with Gasteiger partial charge in [-0.1, -0.05) is 36.6 Å². The van der Waals surface area contributed by atoms with Gasteiger partial charge in [-0.3, -0.25) is 4.79 Å². The van der Waals surface area contributed by atoms with Crippen molar-refractivity contribution in [3.8, 4) is 0 Å². The molecule has 1 saturated carbocycles. The number of carbonyl (C=O) groups is 1. The molecule has 1 amide bonds. The van der Waals surface area contributed by atoms with Crippen molar-refractivity contribution in [2.24, 2.45) is 5.16 Å². The van der Waals surface area contributed by atoms with Gasteiger partial charge in [0, 0.05) is 31.4 Å². The first-order chi connectivity index (χ1) is 13.3. The zero-order valence-electron chi connectivity index (χ0n) is 16.3. The van der Waals surface area contributed by atoms with E-state index < -0.39 is 0 Å². The van der Waals surface area contributed by atoms with Gasteiger partial charge in [-0.25, -0.2) is 0 Å². The molecule has 6 nitrogen and oxygen atoms in total. The molecule has 1 aromatic carbocycles. The Hall–Kier alpha value is -2.08. The van der Waals surface area contributed by atoms with E-state index in [1.807, 2.05) is 24.0 Å². The molecule has 1 heterocycles. The summed E-state index contributed by atoms with van der Waals surface area (Å²) in [6.07, 6.45) is 7.60. The van der Waals surface area contributed by atoms with E-state index in [1.54, 1.807) is 6.21 Å². The van der Waals surface area contributed by atoms with E-state index in [2.05, 4.69) is 22.2 Å². The number of rotatable bonds is 7. The Morgan fingerprint density at radius 1 is 1.22 bits per heavy atom. The number of oxime groups is 1. The Morgan fingerprint density at radius 3 is 2.59 bits per heavy atom. The molecule has 0 bridgehead atoms. The maximum atomic E-state index is 12.4. The summed E-state index contributed by atoms with van der Waals surface area (Å²) in [6.45, 7) is 6.18. The van der Waals surface area contributed by atoms with Gasteiger partial charge in [0.15, 0.2) is 6.61 Å². The molecule has 0 radical (unpaired) electrons. The van der Waals surface area contributed by atoms with Crippen molar-refractivity contribution >= 4 is 17.8 Å². The summed E-state index contributed by atoms with van der Waals surface area (Å²) in [4.78, 5) is 21.9. The summed E-state index contributed by atoms with van der Waals surface area (Å²) in [7, 11) is 0. The Balaban J connectivity index is 1.44. The van der Waals surface area contributed by atoms with Crippen LogP contribution in [-0.2, 0) is 14.4 Å². The Kier molecular flexibility index (Phi) is 7.51. The summed E-state index contributed by atoms with van der Waals surface area (Å²) < 4.78 is 5.38. The molecule has 0 unspecified atom stereocenters. The van der Waals surface area contributed by atoms with Crippen molar-refractivity contribution in [2.75, 3.05) is 44.4 Å². The number of amides is 1. The van der Waals surface area contributed by atoms with Crippen LogP contribution in [0.2, 0.25) is 0 Å². The number of morpholine rings is 1. The molecule has 1 aliphatic heterocycles. The minimum absolute atomic E-state index is 0.00665. The second kappa shape index (κ2) is 10.3. The summed E-state index contributed by atoms with van der Waals surface area (Å²) in [5.74, 6) is 0.0317. The van der Waals surface area contributed by atoms with Crippen molar-refractivity contribution in [3.63, 3.8) is 0 Å². The van der Waals surface area contributed by atoms with E-state index in [-0.39, 0.29) is 12.5 Å². The van der Waals surface area contributed by atoms with Crippen molar-refractivity contribution in [1.82, 2.24) is 4.90 Å². The van der Waals surface area contributed by atoms with Gasteiger partial charge in [-0.15, -0.1) is 0 Å². The smallest absolute Gasteiger partial charge is 0.263 e. The molecule has 0 atom stereocenters. The van der Waals surface area contributed by atoms with Crippen molar-refractivity contribution in [1.29, 1.82) is 0 Å². The van der Waals surface area contributed by atoms with Crippen LogP contribution in [0.3, 0.4) is 0 Å². The third-order valence-electron chi connectivity index (χ3n) is 5.41. The van der Waals surface area contributed by atoms with Gasteiger partial charge >= 0.3 is 0 Å². The van der Waals surface area contributed by atoms with Crippen LogP contribution in [-0.4, -0.2) is 62.5 Å². The number of carbonyl (C=O) groups excluding carboxylic acids is 1. The minimum Gasteiger partial charge on any atom is -0.386 e. The van der Waals surface area contributed by atoms with Crippen molar-refractivity contribution < 1.29 is 14.4 Å². The lowest BCUT2D eigenvalue weighted by Crippen LogP contribution is -2.42. The number of benzene rings is 1. The molecule has 6 heteroatoms. The van der Waals surface area contributed by atoms with Gasteiger partial charge in [0.25, 0.3) is 5.91 Å². The van der Waals surface area contributed by atoms with E-state index in [0.717, 1.165) is 51.3 Å². The molecule has 2 aliphatic rings. The highest BCUT2D eigenvalue weighted by atomic mass is 16.6. The van der Waals surface area contributed by atoms with Gasteiger partial charge < -0.3 is 19.4 Å². The molecule has 3 rings (SSSR count). The summed E-state index contributed by atoms with van der Waals surface area (Å²) in [5.41, 5.74) is 2.15. The van der Waals surface area contributed by atoms with Crippen LogP contribution >= 0.6 is 0 Å². The second-order valence-electron chi connectivity index (χ2n) is 7.17. The molecule has 148 valence electrons. The standard InChI is InChI=1S/C21H31N3O3/c1-2-24(20-6-4-3-5-7-20)21(25)17-27-22-16-18-8-10-19(11-9-18)23-12-14-26-15-13-23/h8-11,16,20H,2-7,12-15,17H2,1H3. The highest BCUT2D eigenvalue weighted by molar-refractivity contribution is 5.80. The van der Waals surface area contributed by atoms with Crippen LogP contribution < -0.4 is 4.90 Å². The average Bonchev–Trinajstić information content (AvgIpc) is 2.74. The van der Waals surface area contributed by atoms with Gasteiger partial charge in [-0.2, -0.15) is 0 Å². The molecule has 0 aromatic heterocycles. The number of nitrogens with zero attached hydrogens (tertiary/aromatic N) is 3. The molecule has 27 heavy (non-hydrogen) atoms. The highest BCUT2D eigenvalue weighted by Gasteiger charge is 2.24. The Morgan fingerprint density at radius 2 is 1.93 bits per heavy atom. The fourth-order valence-electron chi connectivity index (χ4n) is 3.90. The molecule has 0 N–H and O–H groups in total. The van der Waals surface area contributed by atoms with Crippen molar-refractivity contribution in [3.05, 3.63) is 29.8 Å². The first-order valence-corrected chi connectivity index (χ1v) is 10.2. The van der Waals surface area contributed by atoms with Crippen LogP contribution in [0, 0.1) is 0 Å². The topological polar surface area (TPSA) is 54.4 Å². The highest BCUT2D eigenvalue weighted by Crippen LogP contribution is 2.22. The second-order valence-corrected chi connectivity index (χ2v) is 7.17. The fraction of sp³-hybridized carbons (Fsp3) is 0.619. The Bertz CT molecular complexity index is 606. The maximum Gasteiger partial charge on any atom is 0.263 e. The number of ether oxygens (including phenoxy) is 1. The lowest BCUT2D eigenvalue weighted by molar-refractivity contribution is -0.138. The summed E-state index contributed by atoms with van der Waals surface area (Å²) in [5, 5.41) is 3.98. The van der Waals surface area contributed by atoms with Crippen molar-refractivity contribution in [2.45, 2.75) is 45.1 Å². The molecule has 1 aliphatic carbocycles. The molecule has 1 aromatic rings. The summed E-state index contributed by atoms with van der Waals surface area (Å²) in [6, 6.07) is 8.57. The first-order valence-electron chi connectivity index (χ1n) is 10.2. The minimum atomic E-state index is 0.00665. The number of anilines is 1. The number of hydrogen-bond acceptors (Lipinski definition) is 5. The normalized spacial score (nSPS) is 18.6. The first kappa shape index (κ1) is 19.7. The fourth-order valence-corrected chi connectivity index (χ4v) is 3.90. The van der Waals surface area contributed by atoms with Crippen LogP contribution in [0.15, 0.2) is 29.4 Å². The third-order valence-corrected chi connectivity index (χ3v) is 5.41.